The zero-order valence-electron chi connectivity index (χ0n) is 15.9. The third-order valence-electron chi connectivity index (χ3n) is 5.01. The normalized spacial score (nSPS) is 18.0. The van der Waals surface area contributed by atoms with Crippen LogP contribution in [-0.2, 0) is 9.53 Å². The molecule has 0 N–H and O–H groups in total. The smallest absolute Gasteiger partial charge is 0.315 e. The lowest BCUT2D eigenvalue weighted by Crippen LogP contribution is -2.35. The first-order valence-corrected chi connectivity index (χ1v) is 9.65. The number of carbonyl (C=O) groups excluding carboxylic acids is 1. The Morgan fingerprint density at radius 2 is 1.73 bits per heavy atom. The van der Waals surface area contributed by atoms with Crippen LogP contribution >= 0.6 is 0 Å². The minimum Gasteiger partial charge on any atom is -0.491 e. The van der Waals surface area contributed by atoms with Gasteiger partial charge in [0.1, 0.15) is 11.7 Å². The van der Waals surface area contributed by atoms with Crippen LogP contribution in [0.1, 0.15) is 64.4 Å². The van der Waals surface area contributed by atoms with Crippen LogP contribution in [0.2, 0.25) is 0 Å². The van der Waals surface area contributed by atoms with Crippen LogP contribution in [0.4, 0.5) is 8.78 Å². The quantitative estimate of drug-likeness (QED) is 0.562. The van der Waals surface area contributed by atoms with Crippen LogP contribution in [0, 0.1) is 11.8 Å². The van der Waals surface area contributed by atoms with Crippen molar-refractivity contribution >= 4 is 5.97 Å². The van der Waals surface area contributed by atoms with Gasteiger partial charge in [0.25, 0.3) is 6.43 Å². The summed E-state index contributed by atoms with van der Waals surface area (Å²) in [5.74, 6) is -1.96. The first-order chi connectivity index (χ1) is 12.4. The first kappa shape index (κ1) is 20.7. The zero-order valence-corrected chi connectivity index (χ0v) is 15.9. The first-order valence-electron chi connectivity index (χ1n) is 9.65. The number of esters is 1. The van der Waals surface area contributed by atoms with E-state index < -0.39 is 24.2 Å². The van der Waals surface area contributed by atoms with Crippen molar-refractivity contribution in [3.05, 3.63) is 29.8 Å². The van der Waals surface area contributed by atoms with E-state index in [1.54, 1.807) is 19.1 Å². The number of hydrogen-bond acceptors (Lipinski definition) is 3. The highest BCUT2D eigenvalue weighted by Crippen LogP contribution is 2.43. The zero-order chi connectivity index (χ0) is 19.1. The third kappa shape index (κ3) is 5.42. The predicted octanol–water partition coefficient (Wildman–Crippen LogP) is 5.58. The van der Waals surface area contributed by atoms with Gasteiger partial charge in [-0.25, -0.2) is 8.78 Å². The average molecular weight is 368 g/mol. The van der Waals surface area contributed by atoms with E-state index in [4.69, 9.17) is 9.47 Å². The molecule has 0 aliphatic heterocycles. The van der Waals surface area contributed by atoms with E-state index in [-0.39, 0.29) is 18.6 Å². The number of rotatable bonds is 8. The summed E-state index contributed by atoms with van der Waals surface area (Å²) in [5, 5.41) is 0. The van der Waals surface area contributed by atoms with E-state index >= 15 is 0 Å². The molecule has 26 heavy (non-hydrogen) atoms. The molecule has 1 aliphatic carbocycles. The van der Waals surface area contributed by atoms with Crippen molar-refractivity contribution in [3.63, 3.8) is 0 Å². The lowest BCUT2D eigenvalue weighted by atomic mass is 9.71. The van der Waals surface area contributed by atoms with E-state index in [2.05, 4.69) is 0 Å². The van der Waals surface area contributed by atoms with Crippen LogP contribution in [0.25, 0.3) is 0 Å². The summed E-state index contributed by atoms with van der Waals surface area (Å²) in [7, 11) is 0. The van der Waals surface area contributed by atoms with Gasteiger partial charge in [-0.3, -0.25) is 4.79 Å². The molecule has 1 aromatic carbocycles. The second-order valence-corrected chi connectivity index (χ2v) is 7.27. The summed E-state index contributed by atoms with van der Waals surface area (Å²) in [4.78, 5) is 12.3. The lowest BCUT2D eigenvalue weighted by Gasteiger charge is -2.35. The molecule has 2 rings (SSSR count). The molecule has 1 aliphatic rings. The predicted molar refractivity (Wildman–Crippen MR) is 97.6 cm³/mol. The number of benzene rings is 1. The Kier molecular flexibility index (Phi) is 7.85. The average Bonchev–Trinajstić information content (AvgIpc) is 2.60. The molecule has 0 aromatic heterocycles. The Bertz CT molecular complexity index is 551. The fraction of sp³-hybridized carbons (Fsp3) is 0.667. The number of carbonyl (C=O) groups is 1. The molecule has 1 saturated carbocycles. The Morgan fingerprint density at radius 3 is 2.23 bits per heavy atom. The molecule has 0 spiro atoms. The number of halogens is 2. The van der Waals surface area contributed by atoms with E-state index in [1.165, 1.54) is 0 Å². The molecule has 0 heterocycles. The molecule has 0 bridgehead atoms. The summed E-state index contributed by atoms with van der Waals surface area (Å²) in [5.41, 5.74) is 0.770. The van der Waals surface area contributed by atoms with Crippen molar-refractivity contribution in [1.29, 1.82) is 0 Å². The van der Waals surface area contributed by atoms with Crippen molar-refractivity contribution < 1.29 is 23.0 Å². The molecular weight excluding hydrogens is 338 g/mol. The van der Waals surface area contributed by atoms with Crippen LogP contribution in [-0.4, -0.2) is 25.1 Å². The minimum absolute atomic E-state index is 0.0448. The van der Waals surface area contributed by atoms with Gasteiger partial charge in [0.2, 0.25) is 0 Å². The fourth-order valence-corrected chi connectivity index (χ4v) is 3.95. The minimum atomic E-state index is -2.74. The SMILES string of the molecule is CCOC(=O)C(C(F)F)C(c1ccc(OC(C)C)cc1)C1CCCCC1. The van der Waals surface area contributed by atoms with Gasteiger partial charge in [-0.05, 0) is 57.2 Å². The molecule has 3 nitrogen and oxygen atoms in total. The maximum Gasteiger partial charge on any atom is 0.315 e. The van der Waals surface area contributed by atoms with Gasteiger partial charge in [-0.2, -0.15) is 0 Å². The Hall–Kier alpha value is -1.65. The molecule has 0 saturated heterocycles. The number of alkyl halides is 2. The van der Waals surface area contributed by atoms with Crippen molar-refractivity contribution in [2.24, 2.45) is 11.8 Å². The largest absolute Gasteiger partial charge is 0.491 e. The Balaban J connectivity index is 2.34. The summed E-state index contributed by atoms with van der Waals surface area (Å²) in [6.07, 6.45) is 2.22. The summed E-state index contributed by atoms with van der Waals surface area (Å²) in [6.45, 7) is 5.63. The Labute approximate surface area is 155 Å². The van der Waals surface area contributed by atoms with Crippen LogP contribution in [0.3, 0.4) is 0 Å². The number of ether oxygens (including phenoxy) is 2. The maximum atomic E-state index is 13.9. The van der Waals surface area contributed by atoms with Gasteiger partial charge in [0, 0.05) is 5.92 Å². The van der Waals surface area contributed by atoms with Gasteiger partial charge in [-0.15, -0.1) is 0 Å². The summed E-state index contributed by atoms with van der Waals surface area (Å²) >= 11 is 0. The topological polar surface area (TPSA) is 35.5 Å². The van der Waals surface area contributed by atoms with E-state index in [0.29, 0.717) is 5.75 Å². The molecule has 0 radical (unpaired) electrons. The summed E-state index contributed by atoms with van der Waals surface area (Å²) < 4.78 is 38.4. The summed E-state index contributed by atoms with van der Waals surface area (Å²) in [6, 6.07) is 7.26. The molecule has 2 atom stereocenters. The number of hydrogen-bond donors (Lipinski definition) is 0. The van der Waals surface area contributed by atoms with Crippen molar-refractivity contribution in [3.8, 4) is 5.75 Å². The molecule has 5 heteroatoms. The van der Waals surface area contributed by atoms with Gasteiger partial charge < -0.3 is 9.47 Å². The van der Waals surface area contributed by atoms with E-state index in [1.807, 2.05) is 26.0 Å². The van der Waals surface area contributed by atoms with E-state index in [9.17, 15) is 13.6 Å². The highest BCUT2D eigenvalue weighted by molar-refractivity contribution is 5.74. The van der Waals surface area contributed by atoms with Crippen molar-refractivity contribution in [1.82, 2.24) is 0 Å². The highest BCUT2D eigenvalue weighted by Gasteiger charge is 2.42. The Morgan fingerprint density at radius 1 is 1.12 bits per heavy atom. The van der Waals surface area contributed by atoms with Crippen LogP contribution < -0.4 is 4.74 Å². The van der Waals surface area contributed by atoms with Crippen LogP contribution in [0.15, 0.2) is 24.3 Å². The molecule has 2 unspecified atom stereocenters. The third-order valence-corrected chi connectivity index (χ3v) is 5.01. The molecule has 146 valence electrons. The van der Waals surface area contributed by atoms with Gasteiger partial charge >= 0.3 is 5.97 Å². The monoisotopic (exact) mass is 368 g/mol. The van der Waals surface area contributed by atoms with E-state index in [0.717, 1.165) is 37.7 Å². The van der Waals surface area contributed by atoms with Crippen molar-refractivity contribution in [2.45, 2.75) is 71.3 Å². The molecular formula is C21H30F2O3. The molecule has 1 fully saturated rings. The van der Waals surface area contributed by atoms with Gasteiger partial charge in [0.15, 0.2) is 0 Å². The van der Waals surface area contributed by atoms with Gasteiger partial charge in [-0.1, -0.05) is 31.4 Å². The second-order valence-electron chi connectivity index (χ2n) is 7.27. The second kappa shape index (κ2) is 9.89. The van der Waals surface area contributed by atoms with Crippen molar-refractivity contribution in [2.75, 3.05) is 6.61 Å². The highest BCUT2D eigenvalue weighted by atomic mass is 19.3. The van der Waals surface area contributed by atoms with Gasteiger partial charge in [0.05, 0.1) is 12.7 Å². The molecule has 0 amide bonds. The fourth-order valence-electron chi connectivity index (χ4n) is 3.95. The maximum absolute atomic E-state index is 13.9. The lowest BCUT2D eigenvalue weighted by molar-refractivity contribution is -0.156. The standard InChI is InChI=1S/C21H30F2O3/c1-4-25-21(24)19(20(22)23)18(15-8-6-5-7-9-15)16-10-12-17(13-11-16)26-14(2)3/h10-15,18-20H,4-9H2,1-3H3. The molecule has 1 aromatic rings. The van der Waals surface area contributed by atoms with Crippen LogP contribution in [0.5, 0.6) is 5.75 Å².